The summed E-state index contributed by atoms with van der Waals surface area (Å²) < 4.78 is 23.3. The molecular weight excluding hydrogens is 341 g/mol. The van der Waals surface area contributed by atoms with Crippen molar-refractivity contribution in [3.05, 3.63) is 42.2 Å². The van der Waals surface area contributed by atoms with Crippen molar-refractivity contribution in [1.82, 2.24) is 4.90 Å². The van der Waals surface area contributed by atoms with Gasteiger partial charge in [0.05, 0.1) is 11.8 Å². The van der Waals surface area contributed by atoms with Crippen molar-refractivity contribution >= 4 is 17.8 Å². The normalized spacial score (nSPS) is 22.9. The number of rotatable bonds is 6. The first kappa shape index (κ1) is 18.1. The van der Waals surface area contributed by atoms with Gasteiger partial charge in [-0.1, -0.05) is 12.2 Å². The Kier molecular flexibility index (Phi) is 5.35. The fourth-order valence-electron chi connectivity index (χ4n) is 3.27. The number of benzene rings is 1. The van der Waals surface area contributed by atoms with E-state index in [0.717, 1.165) is 4.90 Å². The molecular formula is C19H20FNO5. The Morgan fingerprint density at radius 1 is 1.12 bits per heavy atom. The number of hydrogen-bond acceptors (Lipinski definition) is 5. The van der Waals surface area contributed by atoms with Crippen LogP contribution in [0.5, 0.6) is 5.75 Å². The maximum atomic E-state index is 12.8. The number of fused-ring (bicyclic) bond motifs is 1. The van der Waals surface area contributed by atoms with Gasteiger partial charge in [0.1, 0.15) is 30.8 Å². The lowest BCUT2D eigenvalue weighted by Gasteiger charge is -2.21. The molecule has 0 unspecified atom stereocenters. The Morgan fingerprint density at radius 3 is 2.27 bits per heavy atom. The summed E-state index contributed by atoms with van der Waals surface area (Å²) >= 11 is 0. The summed E-state index contributed by atoms with van der Waals surface area (Å²) in [6.45, 7) is 1.54. The molecule has 1 aromatic rings. The van der Waals surface area contributed by atoms with E-state index in [1.807, 2.05) is 12.2 Å². The summed E-state index contributed by atoms with van der Waals surface area (Å²) in [6.07, 6.45) is 4.84. The molecule has 1 heterocycles. The molecule has 1 saturated heterocycles. The summed E-state index contributed by atoms with van der Waals surface area (Å²) in [5.74, 6) is -1.92. The number of esters is 1. The molecule has 7 heteroatoms. The van der Waals surface area contributed by atoms with Crippen LogP contribution in [0.4, 0.5) is 4.39 Å². The molecule has 0 spiro atoms. The van der Waals surface area contributed by atoms with Gasteiger partial charge >= 0.3 is 5.97 Å². The van der Waals surface area contributed by atoms with Gasteiger partial charge < -0.3 is 9.47 Å². The second-order valence-corrected chi connectivity index (χ2v) is 6.35. The largest absolute Gasteiger partial charge is 0.490 e. The minimum Gasteiger partial charge on any atom is -0.490 e. The zero-order chi connectivity index (χ0) is 18.7. The van der Waals surface area contributed by atoms with Gasteiger partial charge in [-0.2, -0.15) is 0 Å². The van der Waals surface area contributed by atoms with Crippen LogP contribution in [0.25, 0.3) is 0 Å². The van der Waals surface area contributed by atoms with E-state index in [1.165, 1.54) is 31.2 Å². The Bertz CT molecular complexity index is 704. The zero-order valence-corrected chi connectivity index (χ0v) is 14.4. The molecule has 3 rings (SSSR count). The van der Waals surface area contributed by atoms with Gasteiger partial charge in [0, 0.05) is 0 Å². The monoisotopic (exact) mass is 361 g/mol. The summed E-state index contributed by atoms with van der Waals surface area (Å²) in [6, 6.07) is 4.50. The third-order valence-corrected chi connectivity index (χ3v) is 4.68. The van der Waals surface area contributed by atoms with Crippen LogP contribution in [0.15, 0.2) is 36.4 Å². The lowest BCUT2D eigenvalue weighted by Crippen LogP contribution is -2.44. The van der Waals surface area contributed by atoms with Crippen LogP contribution in [-0.4, -0.2) is 41.9 Å². The van der Waals surface area contributed by atoms with Crippen molar-refractivity contribution in [2.24, 2.45) is 11.8 Å². The number of hydrogen-bond donors (Lipinski definition) is 0. The average molecular weight is 361 g/mol. The molecule has 1 fully saturated rings. The Hall–Kier alpha value is -2.70. The molecule has 0 saturated carbocycles. The van der Waals surface area contributed by atoms with Gasteiger partial charge in [0.2, 0.25) is 11.8 Å². The van der Waals surface area contributed by atoms with Crippen LogP contribution >= 0.6 is 0 Å². The molecule has 0 bridgehead atoms. The predicted molar refractivity (Wildman–Crippen MR) is 89.5 cm³/mol. The van der Waals surface area contributed by atoms with Crippen molar-refractivity contribution in [1.29, 1.82) is 0 Å². The standard InChI is InChI=1S/C19H20FNO5/c1-12(21-17(22)15-4-2-3-5-16(15)18(21)23)19(24)26-11-10-25-14-8-6-13(20)7-9-14/h2-3,6-9,12,15-16H,4-5,10-11H2,1H3/t12-,15-,16-/m0/s1. The van der Waals surface area contributed by atoms with Crippen LogP contribution in [0.1, 0.15) is 19.8 Å². The highest BCUT2D eigenvalue weighted by Crippen LogP contribution is 2.36. The summed E-state index contributed by atoms with van der Waals surface area (Å²) in [7, 11) is 0. The van der Waals surface area contributed by atoms with E-state index >= 15 is 0 Å². The number of carbonyl (C=O) groups is 3. The van der Waals surface area contributed by atoms with Gasteiger partial charge in [-0.05, 0) is 44.0 Å². The number of amides is 2. The first-order valence-electron chi connectivity index (χ1n) is 8.56. The van der Waals surface area contributed by atoms with Gasteiger partial charge in [-0.3, -0.25) is 14.5 Å². The molecule has 0 aromatic heterocycles. The topological polar surface area (TPSA) is 72.9 Å². The molecule has 1 aliphatic carbocycles. The average Bonchev–Trinajstić information content (AvgIpc) is 2.90. The van der Waals surface area contributed by atoms with E-state index in [-0.39, 0.29) is 42.7 Å². The van der Waals surface area contributed by atoms with Gasteiger partial charge in [0.15, 0.2) is 0 Å². The third kappa shape index (κ3) is 3.61. The van der Waals surface area contributed by atoms with Crippen molar-refractivity contribution in [2.45, 2.75) is 25.8 Å². The maximum Gasteiger partial charge on any atom is 0.329 e. The first-order valence-corrected chi connectivity index (χ1v) is 8.56. The van der Waals surface area contributed by atoms with Crippen LogP contribution in [-0.2, 0) is 19.1 Å². The number of allylic oxidation sites excluding steroid dienone is 2. The quantitative estimate of drug-likeness (QED) is 0.336. The number of ether oxygens (including phenoxy) is 2. The number of imide groups is 1. The Labute approximate surface area is 150 Å². The lowest BCUT2D eigenvalue weighted by atomic mass is 9.85. The summed E-state index contributed by atoms with van der Waals surface area (Å²) in [4.78, 5) is 38.1. The van der Waals surface area contributed by atoms with E-state index in [4.69, 9.17) is 9.47 Å². The highest BCUT2D eigenvalue weighted by Gasteiger charge is 2.50. The fraction of sp³-hybridized carbons (Fsp3) is 0.421. The van der Waals surface area contributed by atoms with E-state index < -0.39 is 12.0 Å². The summed E-state index contributed by atoms with van der Waals surface area (Å²) in [5.41, 5.74) is 0. The SMILES string of the molecule is C[C@@H](C(=O)OCCOc1ccc(F)cc1)N1C(=O)[C@H]2CC=CC[C@@H]2C1=O. The second kappa shape index (κ2) is 7.68. The molecule has 26 heavy (non-hydrogen) atoms. The number of nitrogens with zero attached hydrogens (tertiary/aromatic N) is 1. The lowest BCUT2D eigenvalue weighted by molar-refractivity contribution is -0.158. The molecule has 2 amide bonds. The van der Waals surface area contributed by atoms with E-state index in [2.05, 4.69) is 0 Å². The Balaban J connectivity index is 1.49. The smallest absolute Gasteiger partial charge is 0.329 e. The van der Waals surface area contributed by atoms with Crippen molar-refractivity contribution in [2.75, 3.05) is 13.2 Å². The first-order chi connectivity index (χ1) is 12.5. The maximum absolute atomic E-state index is 12.8. The summed E-state index contributed by atoms with van der Waals surface area (Å²) in [5, 5.41) is 0. The third-order valence-electron chi connectivity index (χ3n) is 4.68. The fourth-order valence-corrected chi connectivity index (χ4v) is 3.27. The molecule has 1 aliphatic heterocycles. The second-order valence-electron chi connectivity index (χ2n) is 6.35. The number of likely N-dealkylation sites (tertiary alicyclic amines) is 1. The molecule has 138 valence electrons. The van der Waals surface area contributed by atoms with E-state index in [1.54, 1.807) is 0 Å². The van der Waals surface area contributed by atoms with Crippen LogP contribution < -0.4 is 4.74 Å². The predicted octanol–water partition coefficient (Wildman–Crippen LogP) is 2.09. The highest BCUT2D eigenvalue weighted by atomic mass is 19.1. The molecule has 1 aromatic carbocycles. The number of carbonyl (C=O) groups excluding carboxylic acids is 3. The van der Waals surface area contributed by atoms with Gasteiger partial charge in [-0.15, -0.1) is 0 Å². The van der Waals surface area contributed by atoms with Crippen molar-refractivity contribution in [3.63, 3.8) is 0 Å². The minimum atomic E-state index is -0.966. The molecule has 0 N–H and O–H groups in total. The molecule has 0 radical (unpaired) electrons. The Morgan fingerprint density at radius 2 is 1.69 bits per heavy atom. The van der Waals surface area contributed by atoms with E-state index in [9.17, 15) is 18.8 Å². The van der Waals surface area contributed by atoms with E-state index in [0.29, 0.717) is 18.6 Å². The minimum absolute atomic E-state index is 0.0365. The van der Waals surface area contributed by atoms with Gasteiger partial charge in [-0.25, -0.2) is 9.18 Å². The zero-order valence-electron chi connectivity index (χ0n) is 14.4. The van der Waals surface area contributed by atoms with Crippen LogP contribution in [0.3, 0.4) is 0 Å². The molecule has 2 aliphatic rings. The highest BCUT2D eigenvalue weighted by molar-refractivity contribution is 6.08. The molecule has 3 atom stereocenters. The van der Waals surface area contributed by atoms with Crippen LogP contribution in [0, 0.1) is 17.7 Å². The molecule has 6 nitrogen and oxygen atoms in total. The van der Waals surface area contributed by atoms with Crippen molar-refractivity contribution < 1.29 is 28.2 Å². The number of halogens is 1. The van der Waals surface area contributed by atoms with Crippen molar-refractivity contribution in [3.8, 4) is 5.75 Å². The van der Waals surface area contributed by atoms with Gasteiger partial charge in [0.25, 0.3) is 0 Å². The van der Waals surface area contributed by atoms with Crippen LogP contribution in [0.2, 0.25) is 0 Å².